The van der Waals surface area contributed by atoms with Crippen LogP contribution in [0.4, 0.5) is 5.82 Å². The Labute approximate surface area is 101 Å². The maximum atomic E-state index is 4.46. The molecule has 0 aliphatic carbocycles. The standard InChI is InChI=1S/C12H19BrN2/c1-5-6-10(3)15(4)12-11(13)7-9(2)8-14-12/h7-8,10H,5-6H2,1-4H3. The molecule has 0 spiro atoms. The van der Waals surface area contributed by atoms with Gasteiger partial charge < -0.3 is 4.90 Å². The lowest BCUT2D eigenvalue weighted by Gasteiger charge is -2.26. The number of aryl methyl sites for hydroxylation is 1. The Balaban J connectivity index is 2.86. The molecule has 0 saturated carbocycles. The summed E-state index contributed by atoms with van der Waals surface area (Å²) in [6, 6.07) is 2.64. The van der Waals surface area contributed by atoms with E-state index in [-0.39, 0.29) is 0 Å². The molecule has 0 saturated heterocycles. The Kier molecular flexibility index (Phi) is 4.58. The van der Waals surface area contributed by atoms with Crippen LogP contribution in [0.3, 0.4) is 0 Å². The molecular weight excluding hydrogens is 252 g/mol. The maximum absolute atomic E-state index is 4.46. The lowest BCUT2D eigenvalue weighted by Crippen LogP contribution is -2.29. The van der Waals surface area contributed by atoms with E-state index in [9.17, 15) is 0 Å². The van der Waals surface area contributed by atoms with Crippen molar-refractivity contribution in [2.75, 3.05) is 11.9 Å². The summed E-state index contributed by atoms with van der Waals surface area (Å²) in [6.45, 7) is 6.50. The molecule has 0 amide bonds. The van der Waals surface area contributed by atoms with Crippen LogP contribution in [0.15, 0.2) is 16.7 Å². The van der Waals surface area contributed by atoms with Gasteiger partial charge in [0.2, 0.25) is 0 Å². The topological polar surface area (TPSA) is 16.1 Å². The lowest BCUT2D eigenvalue weighted by atomic mass is 10.2. The third-order valence-electron chi connectivity index (χ3n) is 2.66. The molecule has 0 bridgehead atoms. The molecule has 1 heterocycles. The van der Waals surface area contributed by atoms with E-state index < -0.39 is 0 Å². The normalized spacial score (nSPS) is 12.6. The zero-order chi connectivity index (χ0) is 11.4. The van der Waals surface area contributed by atoms with Crippen molar-refractivity contribution >= 4 is 21.7 Å². The molecule has 2 nitrogen and oxygen atoms in total. The molecule has 1 unspecified atom stereocenters. The number of anilines is 1. The first kappa shape index (κ1) is 12.5. The predicted molar refractivity (Wildman–Crippen MR) is 69.4 cm³/mol. The number of rotatable bonds is 4. The summed E-state index contributed by atoms with van der Waals surface area (Å²) in [5.74, 6) is 1.03. The van der Waals surface area contributed by atoms with Crippen LogP contribution in [-0.2, 0) is 0 Å². The van der Waals surface area contributed by atoms with Gasteiger partial charge in [0, 0.05) is 19.3 Å². The highest BCUT2D eigenvalue weighted by Crippen LogP contribution is 2.25. The first-order valence-corrected chi connectivity index (χ1v) is 6.20. The molecule has 84 valence electrons. The van der Waals surface area contributed by atoms with Crippen molar-refractivity contribution in [3.05, 3.63) is 22.3 Å². The van der Waals surface area contributed by atoms with E-state index in [1.807, 2.05) is 6.20 Å². The molecule has 1 atom stereocenters. The van der Waals surface area contributed by atoms with Crippen molar-refractivity contribution in [1.82, 2.24) is 4.98 Å². The van der Waals surface area contributed by atoms with E-state index in [4.69, 9.17) is 0 Å². The van der Waals surface area contributed by atoms with Crippen LogP contribution in [0, 0.1) is 6.92 Å². The quantitative estimate of drug-likeness (QED) is 0.828. The molecule has 0 aromatic carbocycles. The second-order valence-electron chi connectivity index (χ2n) is 4.07. The van der Waals surface area contributed by atoms with Gasteiger partial charge in [0.05, 0.1) is 4.47 Å². The van der Waals surface area contributed by atoms with E-state index >= 15 is 0 Å². The van der Waals surface area contributed by atoms with Crippen LogP contribution in [0.1, 0.15) is 32.3 Å². The van der Waals surface area contributed by atoms with Crippen LogP contribution >= 0.6 is 15.9 Å². The minimum absolute atomic E-state index is 0.529. The van der Waals surface area contributed by atoms with Gasteiger partial charge in [0.15, 0.2) is 0 Å². The fourth-order valence-corrected chi connectivity index (χ4v) is 2.35. The molecule has 0 fully saturated rings. The van der Waals surface area contributed by atoms with Gasteiger partial charge in [-0.1, -0.05) is 13.3 Å². The van der Waals surface area contributed by atoms with Crippen molar-refractivity contribution < 1.29 is 0 Å². The monoisotopic (exact) mass is 270 g/mol. The van der Waals surface area contributed by atoms with E-state index in [2.05, 4.69) is 59.7 Å². The zero-order valence-electron chi connectivity index (χ0n) is 9.92. The fraction of sp³-hybridized carbons (Fsp3) is 0.583. The summed E-state index contributed by atoms with van der Waals surface area (Å²) < 4.78 is 1.08. The Morgan fingerprint density at radius 1 is 1.53 bits per heavy atom. The largest absolute Gasteiger partial charge is 0.356 e. The second-order valence-corrected chi connectivity index (χ2v) is 4.92. The van der Waals surface area contributed by atoms with Gasteiger partial charge >= 0.3 is 0 Å². The highest BCUT2D eigenvalue weighted by molar-refractivity contribution is 9.10. The number of aromatic nitrogens is 1. The van der Waals surface area contributed by atoms with Crippen molar-refractivity contribution in [3.8, 4) is 0 Å². The molecule has 0 aliphatic rings. The Hall–Kier alpha value is -0.570. The van der Waals surface area contributed by atoms with Gasteiger partial charge in [0.1, 0.15) is 5.82 Å². The Morgan fingerprint density at radius 2 is 2.20 bits per heavy atom. The SMILES string of the molecule is CCCC(C)N(C)c1ncc(C)cc1Br. The summed E-state index contributed by atoms with van der Waals surface area (Å²) in [6.07, 6.45) is 4.31. The van der Waals surface area contributed by atoms with Gasteiger partial charge in [-0.15, -0.1) is 0 Å². The van der Waals surface area contributed by atoms with E-state index in [1.165, 1.54) is 18.4 Å². The van der Waals surface area contributed by atoms with Crippen LogP contribution in [-0.4, -0.2) is 18.1 Å². The minimum atomic E-state index is 0.529. The van der Waals surface area contributed by atoms with Gasteiger partial charge in [-0.2, -0.15) is 0 Å². The number of hydrogen-bond donors (Lipinski definition) is 0. The van der Waals surface area contributed by atoms with Crippen molar-refractivity contribution in [2.24, 2.45) is 0 Å². The van der Waals surface area contributed by atoms with Crippen molar-refractivity contribution in [1.29, 1.82) is 0 Å². The van der Waals surface area contributed by atoms with Crippen LogP contribution in [0.25, 0.3) is 0 Å². The van der Waals surface area contributed by atoms with E-state index in [0.29, 0.717) is 6.04 Å². The molecule has 1 rings (SSSR count). The summed E-state index contributed by atoms with van der Waals surface area (Å²) in [5, 5.41) is 0. The third kappa shape index (κ3) is 3.20. The second kappa shape index (κ2) is 5.50. The van der Waals surface area contributed by atoms with E-state index in [0.717, 1.165) is 10.3 Å². The molecular formula is C12H19BrN2. The Morgan fingerprint density at radius 3 is 2.73 bits per heavy atom. The van der Waals surface area contributed by atoms with Crippen molar-refractivity contribution in [3.63, 3.8) is 0 Å². The number of halogens is 1. The summed E-state index contributed by atoms with van der Waals surface area (Å²) in [7, 11) is 2.10. The summed E-state index contributed by atoms with van der Waals surface area (Å²) in [4.78, 5) is 6.69. The summed E-state index contributed by atoms with van der Waals surface area (Å²) >= 11 is 3.56. The van der Waals surface area contributed by atoms with Gasteiger partial charge in [-0.05, 0) is 47.8 Å². The smallest absolute Gasteiger partial charge is 0.142 e. The van der Waals surface area contributed by atoms with Crippen LogP contribution < -0.4 is 4.90 Å². The molecule has 1 aromatic heterocycles. The van der Waals surface area contributed by atoms with E-state index in [1.54, 1.807) is 0 Å². The first-order valence-electron chi connectivity index (χ1n) is 5.41. The lowest BCUT2D eigenvalue weighted by molar-refractivity contribution is 0.610. The minimum Gasteiger partial charge on any atom is -0.356 e. The first-order chi connectivity index (χ1) is 7.06. The number of pyridine rings is 1. The molecule has 15 heavy (non-hydrogen) atoms. The van der Waals surface area contributed by atoms with Gasteiger partial charge in [-0.3, -0.25) is 0 Å². The fourth-order valence-electron chi connectivity index (χ4n) is 1.61. The van der Waals surface area contributed by atoms with Crippen molar-refractivity contribution in [2.45, 2.75) is 39.7 Å². The zero-order valence-corrected chi connectivity index (χ0v) is 11.5. The molecule has 0 radical (unpaired) electrons. The summed E-state index contributed by atoms with van der Waals surface area (Å²) in [5.41, 5.74) is 1.18. The number of nitrogens with zero attached hydrogens (tertiary/aromatic N) is 2. The van der Waals surface area contributed by atoms with Crippen LogP contribution in [0.2, 0.25) is 0 Å². The maximum Gasteiger partial charge on any atom is 0.142 e. The highest BCUT2D eigenvalue weighted by Gasteiger charge is 2.13. The molecule has 0 aliphatic heterocycles. The van der Waals surface area contributed by atoms with Gasteiger partial charge in [0.25, 0.3) is 0 Å². The molecule has 1 aromatic rings. The predicted octanol–water partition coefficient (Wildman–Crippen LogP) is 3.78. The highest BCUT2D eigenvalue weighted by atomic mass is 79.9. The Bertz CT molecular complexity index is 325. The average molecular weight is 271 g/mol. The van der Waals surface area contributed by atoms with Crippen LogP contribution in [0.5, 0.6) is 0 Å². The third-order valence-corrected chi connectivity index (χ3v) is 3.24. The molecule has 0 N–H and O–H groups in total. The molecule has 3 heteroatoms. The van der Waals surface area contributed by atoms with Gasteiger partial charge in [-0.25, -0.2) is 4.98 Å². The number of hydrogen-bond acceptors (Lipinski definition) is 2. The average Bonchev–Trinajstić information content (AvgIpc) is 2.17.